The molecule has 9 aromatic rings. The van der Waals surface area contributed by atoms with Gasteiger partial charge in [0.05, 0.1) is 0 Å². The molecule has 0 atom stereocenters. The van der Waals surface area contributed by atoms with Crippen LogP contribution in [-0.2, 0) is 6.42 Å². The molecule has 0 bridgehead atoms. The summed E-state index contributed by atoms with van der Waals surface area (Å²) in [5.41, 5.74) is 9.36. The first-order chi connectivity index (χ1) is 29.8. The minimum absolute atomic E-state index is 0.211. The predicted molar refractivity (Wildman–Crippen MR) is 247 cm³/mol. The third-order valence-corrected chi connectivity index (χ3v) is 12.5. The Hall–Kier alpha value is -8.02. The largest absolute Gasteiger partial charge is 0.508 e. The maximum atomic E-state index is 11.3. The third kappa shape index (κ3) is 5.77. The lowest BCUT2D eigenvalue weighted by molar-refractivity contribution is 0.249. The number of aliphatic hydroxyl groups is 5. The number of hydrogen-bond donors (Lipinski definition) is 5. The molecule has 0 heterocycles. The lowest BCUT2D eigenvalue weighted by atomic mass is 9.88. The summed E-state index contributed by atoms with van der Waals surface area (Å²) in [6.45, 7) is 0. The molecule has 5 N–H and O–H groups in total. The zero-order valence-corrected chi connectivity index (χ0v) is 32.9. The van der Waals surface area contributed by atoms with Gasteiger partial charge in [-0.05, 0) is 128 Å². The second-order valence-electron chi connectivity index (χ2n) is 15.9. The van der Waals surface area contributed by atoms with Crippen molar-refractivity contribution in [3.05, 3.63) is 237 Å². The summed E-state index contributed by atoms with van der Waals surface area (Å²) in [6.07, 6.45) is 0.0582. The smallest absolute Gasteiger partial charge is 0.207 e. The van der Waals surface area contributed by atoms with Gasteiger partial charge in [0.2, 0.25) is 11.5 Å². The van der Waals surface area contributed by atoms with Crippen molar-refractivity contribution in [1.82, 2.24) is 0 Å². The van der Waals surface area contributed by atoms with E-state index < -0.39 is 28.8 Å². The van der Waals surface area contributed by atoms with Gasteiger partial charge in [0.1, 0.15) is 5.76 Å². The van der Waals surface area contributed by atoms with Gasteiger partial charge in [-0.15, -0.1) is 0 Å². The van der Waals surface area contributed by atoms with Crippen LogP contribution >= 0.6 is 0 Å². The van der Waals surface area contributed by atoms with E-state index in [-0.39, 0.29) is 12.0 Å². The fourth-order valence-corrected chi connectivity index (χ4v) is 9.62. The molecule has 0 fully saturated rings. The number of benzene rings is 9. The molecule has 292 valence electrons. The molecule has 2 aliphatic carbocycles. The van der Waals surface area contributed by atoms with Crippen LogP contribution in [0.2, 0.25) is 0 Å². The van der Waals surface area contributed by atoms with Gasteiger partial charge in [-0.2, -0.15) is 0 Å². The molecule has 0 aromatic heterocycles. The van der Waals surface area contributed by atoms with Crippen molar-refractivity contribution in [2.45, 2.75) is 12.8 Å². The third-order valence-electron chi connectivity index (χ3n) is 12.5. The Balaban J connectivity index is 1.10. The van der Waals surface area contributed by atoms with Gasteiger partial charge in [-0.25, -0.2) is 0 Å². The van der Waals surface area contributed by atoms with Crippen LogP contribution < -0.4 is 10.4 Å². The fourth-order valence-electron chi connectivity index (χ4n) is 9.62. The molecule has 5 heteroatoms. The van der Waals surface area contributed by atoms with Crippen molar-refractivity contribution in [3.8, 4) is 22.3 Å². The molecule has 5 nitrogen and oxygen atoms in total. The Morgan fingerprint density at radius 1 is 0.311 bits per heavy atom. The summed E-state index contributed by atoms with van der Waals surface area (Å²) in [5, 5.41) is 65.1. The summed E-state index contributed by atoms with van der Waals surface area (Å²) >= 11 is 0. The van der Waals surface area contributed by atoms with E-state index >= 15 is 0 Å². The second-order valence-corrected chi connectivity index (χ2v) is 15.9. The highest BCUT2D eigenvalue weighted by Gasteiger charge is 2.29. The van der Waals surface area contributed by atoms with E-state index in [1.807, 2.05) is 36.4 Å². The van der Waals surface area contributed by atoms with Crippen LogP contribution in [0.4, 0.5) is 0 Å². The van der Waals surface area contributed by atoms with E-state index in [2.05, 4.69) is 140 Å². The summed E-state index contributed by atoms with van der Waals surface area (Å²) < 4.78 is 0. The van der Waals surface area contributed by atoms with Gasteiger partial charge in [0, 0.05) is 12.0 Å². The maximum absolute atomic E-state index is 11.3. The Bertz CT molecular complexity index is 3550. The Labute approximate surface area is 351 Å². The van der Waals surface area contributed by atoms with E-state index in [1.165, 1.54) is 32.3 Å². The molecule has 0 radical (unpaired) electrons. The van der Waals surface area contributed by atoms with E-state index in [9.17, 15) is 25.5 Å². The molecule has 0 amide bonds. The van der Waals surface area contributed by atoms with Gasteiger partial charge >= 0.3 is 0 Å². The van der Waals surface area contributed by atoms with E-state index in [4.69, 9.17) is 0 Å². The van der Waals surface area contributed by atoms with Crippen LogP contribution in [0.25, 0.3) is 76.5 Å². The summed E-state index contributed by atoms with van der Waals surface area (Å²) in [7, 11) is 0. The molecule has 61 heavy (non-hydrogen) atoms. The van der Waals surface area contributed by atoms with Crippen molar-refractivity contribution in [3.63, 3.8) is 0 Å². The zero-order valence-electron chi connectivity index (χ0n) is 32.9. The van der Waals surface area contributed by atoms with E-state index in [0.29, 0.717) is 12.0 Å². The van der Waals surface area contributed by atoms with Crippen molar-refractivity contribution in [1.29, 1.82) is 0 Å². The number of fused-ring (bicyclic) bond motifs is 9. The van der Waals surface area contributed by atoms with E-state index in [1.54, 1.807) is 0 Å². The van der Waals surface area contributed by atoms with Crippen LogP contribution in [-0.4, -0.2) is 25.5 Å². The number of rotatable bonds is 4. The first-order valence-corrected chi connectivity index (χ1v) is 20.4. The topological polar surface area (TPSA) is 101 Å². The highest BCUT2D eigenvalue weighted by atomic mass is 16.4. The Morgan fingerprint density at radius 3 is 1.64 bits per heavy atom. The van der Waals surface area contributed by atoms with Gasteiger partial charge in [0.15, 0.2) is 11.5 Å². The standard InChI is InChI=1S/C56H38O5/c57-51-31-50(53(58)55(60)56(61)54(51)59)49-29-36-11-1-2-15-39(36)52(46-21-8-7-20-44(46)49)37-24-23-32-12-10-22-38(47(32)30-37)35-14-9-13-33(27-35)34-25-26-45-42-18-4-3-16-40(42)41-17-5-6-19-43(41)48(45)28-34/h1-28,30,57-61H,29,31H2. The molecular weight excluding hydrogens is 753 g/mol. The lowest BCUT2D eigenvalue weighted by Gasteiger charge is -2.16. The fraction of sp³-hybridized carbons (Fsp3) is 0.0357. The van der Waals surface area contributed by atoms with Crippen LogP contribution in [0.5, 0.6) is 0 Å². The molecule has 0 saturated carbocycles. The minimum atomic E-state index is -0.975. The molecule has 0 aliphatic heterocycles. The molecule has 2 aliphatic rings. The van der Waals surface area contributed by atoms with Crippen LogP contribution in [0, 0.1) is 0 Å². The normalized spacial score (nSPS) is 14.5. The predicted octanol–water partition coefficient (Wildman–Crippen LogP) is 12.5. The highest BCUT2D eigenvalue weighted by molar-refractivity contribution is 6.25. The van der Waals surface area contributed by atoms with Crippen LogP contribution in [0.1, 0.15) is 23.1 Å². The maximum Gasteiger partial charge on any atom is 0.207 e. The van der Waals surface area contributed by atoms with E-state index in [0.717, 1.165) is 65.7 Å². The minimum Gasteiger partial charge on any atom is -0.508 e. The number of hydrogen-bond acceptors (Lipinski definition) is 5. The van der Waals surface area contributed by atoms with Gasteiger partial charge in [0.25, 0.3) is 0 Å². The SMILES string of the molecule is OC1=C(O)C(O)=C(O)C(O)=C(C2=c3ccccc3=C(c3ccc4cccc(-c5cccc(-c6ccc7c8ccccc8c8ccccc8c7c6)c5)c4c3)c3ccccc3C2)C1. The first-order valence-electron chi connectivity index (χ1n) is 20.4. The molecular formula is C56H38O5. The molecule has 0 spiro atoms. The van der Waals surface area contributed by atoms with Crippen molar-refractivity contribution in [2.75, 3.05) is 0 Å². The van der Waals surface area contributed by atoms with Crippen molar-refractivity contribution in [2.24, 2.45) is 0 Å². The zero-order chi connectivity index (χ0) is 41.4. The summed E-state index contributed by atoms with van der Waals surface area (Å²) in [4.78, 5) is 0. The van der Waals surface area contributed by atoms with Gasteiger partial charge in [-0.1, -0.05) is 158 Å². The highest BCUT2D eigenvalue weighted by Crippen LogP contribution is 2.40. The molecule has 11 rings (SSSR count). The molecule has 0 unspecified atom stereocenters. The molecule has 0 saturated heterocycles. The molecule has 9 aromatic carbocycles. The van der Waals surface area contributed by atoms with Gasteiger partial charge < -0.3 is 25.5 Å². The number of aliphatic hydroxyl groups excluding tert-OH is 5. The van der Waals surface area contributed by atoms with Crippen LogP contribution in [0.15, 0.2) is 210 Å². The van der Waals surface area contributed by atoms with Crippen molar-refractivity contribution < 1.29 is 25.5 Å². The summed E-state index contributed by atoms with van der Waals surface area (Å²) in [5.74, 6) is -3.88. The lowest BCUT2D eigenvalue weighted by Crippen LogP contribution is -2.29. The Kier molecular flexibility index (Phi) is 8.33. The Morgan fingerprint density at radius 2 is 0.869 bits per heavy atom. The average molecular weight is 791 g/mol. The average Bonchev–Trinajstić information content (AvgIpc) is 3.50. The quantitative estimate of drug-likeness (QED) is 0.114. The monoisotopic (exact) mass is 790 g/mol. The van der Waals surface area contributed by atoms with Crippen LogP contribution in [0.3, 0.4) is 0 Å². The summed E-state index contributed by atoms with van der Waals surface area (Å²) in [6, 6.07) is 62.0. The first kappa shape index (κ1) is 36.1. The van der Waals surface area contributed by atoms with Crippen molar-refractivity contribution >= 4 is 54.2 Å². The second kappa shape index (κ2) is 14.1. The van der Waals surface area contributed by atoms with Gasteiger partial charge in [-0.3, -0.25) is 0 Å². The number of allylic oxidation sites excluding steroid dienone is 1.